The van der Waals surface area contributed by atoms with Crippen LogP contribution in [0.3, 0.4) is 0 Å². The van der Waals surface area contributed by atoms with E-state index >= 15 is 0 Å². The molecular weight excluding hydrogens is 425 g/mol. The Labute approximate surface area is 181 Å². The molecule has 3 rings (SSSR count). The molecule has 1 heterocycles. The van der Waals surface area contributed by atoms with Crippen molar-refractivity contribution in [2.75, 3.05) is 33.1 Å². The predicted octanol–water partition coefficient (Wildman–Crippen LogP) is 3.81. The number of ether oxygens (including phenoxy) is 2. The number of rotatable bonds is 7. The van der Waals surface area contributed by atoms with Crippen LogP contribution in [0.4, 0.5) is 9.18 Å². The molecular formula is C22H26FNO6S. The summed E-state index contributed by atoms with van der Waals surface area (Å²) < 4.78 is 49.1. The molecule has 0 radical (unpaired) electrons. The van der Waals surface area contributed by atoms with Crippen molar-refractivity contribution in [1.82, 2.24) is 4.90 Å². The Morgan fingerprint density at radius 3 is 2.48 bits per heavy atom. The first-order chi connectivity index (χ1) is 14.7. The van der Waals surface area contributed by atoms with Crippen LogP contribution in [0.15, 0.2) is 41.3 Å². The number of nitrogens with zero attached hydrogens (tertiary/aromatic N) is 1. The van der Waals surface area contributed by atoms with Gasteiger partial charge < -0.3 is 19.5 Å². The average Bonchev–Trinajstić information content (AvgIpc) is 2.72. The van der Waals surface area contributed by atoms with Gasteiger partial charge in [0, 0.05) is 37.6 Å². The van der Waals surface area contributed by atoms with Gasteiger partial charge in [-0.15, -0.1) is 0 Å². The number of likely N-dealkylation sites (tertiary alicyclic amines) is 1. The second-order valence-corrected chi connectivity index (χ2v) is 9.71. The molecule has 0 aliphatic carbocycles. The molecule has 1 N–H and O–H groups in total. The molecule has 1 fully saturated rings. The number of methoxy groups -OCH3 is 1. The van der Waals surface area contributed by atoms with Crippen LogP contribution in [0.1, 0.15) is 18.4 Å². The van der Waals surface area contributed by atoms with Gasteiger partial charge in [-0.05, 0) is 48.6 Å². The molecule has 1 aliphatic rings. The summed E-state index contributed by atoms with van der Waals surface area (Å²) in [5.74, 6) is 0.260. The van der Waals surface area contributed by atoms with Crippen LogP contribution < -0.4 is 4.74 Å². The predicted molar refractivity (Wildman–Crippen MR) is 113 cm³/mol. The van der Waals surface area contributed by atoms with Gasteiger partial charge in [-0.3, -0.25) is 0 Å². The van der Waals surface area contributed by atoms with E-state index in [1.54, 1.807) is 25.3 Å². The normalized spacial score (nSPS) is 15.1. The van der Waals surface area contributed by atoms with E-state index in [2.05, 4.69) is 0 Å². The molecule has 0 aromatic heterocycles. The van der Waals surface area contributed by atoms with Crippen molar-refractivity contribution in [2.24, 2.45) is 5.92 Å². The highest BCUT2D eigenvalue weighted by atomic mass is 32.2. The second kappa shape index (κ2) is 9.65. The molecule has 2 aromatic carbocycles. The van der Waals surface area contributed by atoms with Crippen LogP contribution in [0.25, 0.3) is 11.1 Å². The molecule has 0 saturated carbocycles. The highest BCUT2D eigenvalue weighted by Gasteiger charge is 2.23. The van der Waals surface area contributed by atoms with Crippen molar-refractivity contribution in [1.29, 1.82) is 0 Å². The summed E-state index contributed by atoms with van der Waals surface area (Å²) in [5, 5.41) is 9.05. The van der Waals surface area contributed by atoms with E-state index in [4.69, 9.17) is 14.6 Å². The number of hydrogen-bond donors (Lipinski definition) is 1. The smallest absolute Gasteiger partial charge is 0.407 e. The molecule has 0 spiro atoms. The van der Waals surface area contributed by atoms with E-state index in [1.165, 1.54) is 17.0 Å². The Morgan fingerprint density at radius 1 is 1.19 bits per heavy atom. The van der Waals surface area contributed by atoms with E-state index in [0.29, 0.717) is 31.0 Å². The maximum Gasteiger partial charge on any atom is 0.407 e. The monoisotopic (exact) mass is 451 g/mol. The average molecular weight is 452 g/mol. The van der Waals surface area contributed by atoms with Gasteiger partial charge in [-0.2, -0.15) is 0 Å². The molecule has 1 amide bonds. The van der Waals surface area contributed by atoms with Gasteiger partial charge in [0.1, 0.15) is 11.6 Å². The molecule has 0 unspecified atom stereocenters. The molecule has 168 valence electrons. The van der Waals surface area contributed by atoms with Crippen molar-refractivity contribution in [2.45, 2.75) is 24.3 Å². The molecule has 1 aliphatic heterocycles. The van der Waals surface area contributed by atoms with Crippen molar-refractivity contribution < 1.29 is 32.2 Å². The third-order valence-electron chi connectivity index (χ3n) is 5.40. The number of piperidine rings is 1. The van der Waals surface area contributed by atoms with Crippen LogP contribution in [-0.2, 0) is 21.2 Å². The molecule has 0 bridgehead atoms. The second-order valence-electron chi connectivity index (χ2n) is 7.69. The number of carbonyl (C=O) groups is 1. The van der Waals surface area contributed by atoms with Crippen LogP contribution >= 0.6 is 0 Å². The first-order valence-corrected chi connectivity index (χ1v) is 11.8. The summed E-state index contributed by atoms with van der Waals surface area (Å²) in [6.07, 6.45) is 1.62. The Hall–Kier alpha value is -2.65. The summed E-state index contributed by atoms with van der Waals surface area (Å²) in [7, 11) is -1.93. The number of hydrogen-bond acceptors (Lipinski definition) is 5. The van der Waals surface area contributed by atoms with E-state index in [0.717, 1.165) is 30.7 Å². The van der Waals surface area contributed by atoms with E-state index in [9.17, 15) is 17.6 Å². The van der Waals surface area contributed by atoms with Gasteiger partial charge in [0.2, 0.25) is 0 Å². The Kier molecular flexibility index (Phi) is 7.17. The maximum absolute atomic E-state index is 14.6. The SMILES string of the molecule is COCc1cc(-c2ccc(S(C)(=O)=O)cc2F)ccc1OCC1CCN(C(=O)O)CC1. The minimum absolute atomic E-state index is 0.0697. The summed E-state index contributed by atoms with van der Waals surface area (Å²) in [6.45, 7) is 1.72. The van der Waals surface area contributed by atoms with Crippen LogP contribution in [-0.4, -0.2) is 57.6 Å². The summed E-state index contributed by atoms with van der Waals surface area (Å²) in [6, 6.07) is 9.10. The van der Waals surface area contributed by atoms with Crippen LogP contribution in [0, 0.1) is 11.7 Å². The summed E-state index contributed by atoms with van der Waals surface area (Å²) in [4.78, 5) is 12.4. The Balaban J connectivity index is 1.75. The van der Waals surface area contributed by atoms with Gasteiger partial charge in [0.05, 0.1) is 18.1 Å². The fraction of sp³-hybridized carbons (Fsp3) is 0.409. The van der Waals surface area contributed by atoms with Gasteiger partial charge in [-0.25, -0.2) is 17.6 Å². The molecule has 1 saturated heterocycles. The fourth-order valence-electron chi connectivity index (χ4n) is 3.62. The van der Waals surface area contributed by atoms with E-state index in [-0.39, 0.29) is 23.0 Å². The number of halogens is 1. The van der Waals surface area contributed by atoms with Gasteiger partial charge in [0.25, 0.3) is 0 Å². The topological polar surface area (TPSA) is 93.1 Å². The maximum atomic E-state index is 14.6. The number of sulfone groups is 1. The number of carboxylic acid groups (broad SMARTS) is 1. The number of benzene rings is 2. The van der Waals surface area contributed by atoms with Crippen molar-refractivity contribution in [3.63, 3.8) is 0 Å². The van der Waals surface area contributed by atoms with Gasteiger partial charge in [-0.1, -0.05) is 12.1 Å². The van der Waals surface area contributed by atoms with Crippen LogP contribution in [0.2, 0.25) is 0 Å². The summed E-state index contributed by atoms with van der Waals surface area (Å²) in [5.41, 5.74) is 1.62. The first kappa shape index (κ1) is 23.0. The Morgan fingerprint density at radius 2 is 1.90 bits per heavy atom. The lowest BCUT2D eigenvalue weighted by Gasteiger charge is -2.30. The summed E-state index contributed by atoms with van der Waals surface area (Å²) >= 11 is 0. The van der Waals surface area contributed by atoms with Crippen molar-refractivity contribution in [3.8, 4) is 16.9 Å². The van der Waals surface area contributed by atoms with E-state index in [1.807, 2.05) is 0 Å². The van der Waals surface area contributed by atoms with Crippen LogP contribution in [0.5, 0.6) is 5.75 Å². The fourth-order valence-corrected chi connectivity index (χ4v) is 4.25. The first-order valence-electron chi connectivity index (χ1n) is 9.91. The lowest BCUT2D eigenvalue weighted by molar-refractivity contribution is 0.110. The number of amides is 1. The quantitative estimate of drug-likeness (QED) is 0.688. The highest BCUT2D eigenvalue weighted by molar-refractivity contribution is 7.90. The molecule has 2 aromatic rings. The zero-order valence-corrected chi connectivity index (χ0v) is 18.3. The van der Waals surface area contributed by atoms with Crippen molar-refractivity contribution >= 4 is 15.9 Å². The molecule has 31 heavy (non-hydrogen) atoms. The zero-order valence-electron chi connectivity index (χ0n) is 17.5. The molecule has 7 nitrogen and oxygen atoms in total. The molecule has 9 heteroatoms. The standard InChI is InChI=1S/C22H26FNO6S/c1-29-14-17-11-16(19-5-4-18(12-20(19)23)31(2,27)28)3-6-21(17)30-13-15-7-9-24(10-8-15)22(25)26/h3-6,11-12,15H,7-10,13-14H2,1-2H3,(H,25,26). The highest BCUT2D eigenvalue weighted by Crippen LogP contribution is 2.31. The third kappa shape index (κ3) is 5.74. The minimum atomic E-state index is -3.49. The van der Waals surface area contributed by atoms with Crippen molar-refractivity contribution in [3.05, 3.63) is 47.8 Å². The van der Waals surface area contributed by atoms with E-state index < -0.39 is 21.7 Å². The lowest BCUT2D eigenvalue weighted by atomic mass is 9.98. The molecule has 0 atom stereocenters. The van der Waals surface area contributed by atoms with Gasteiger partial charge >= 0.3 is 6.09 Å². The lowest BCUT2D eigenvalue weighted by Crippen LogP contribution is -2.38. The largest absolute Gasteiger partial charge is 0.493 e. The zero-order chi connectivity index (χ0) is 22.6. The third-order valence-corrected chi connectivity index (χ3v) is 6.51. The Bertz CT molecular complexity index is 1050. The van der Waals surface area contributed by atoms with Gasteiger partial charge in [0.15, 0.2) is 9.84 Å². The minimum Gasteiger partial charge on any atom is -0.493 e.